The van der Waals surface area contributed by atoms with Crippen molar-refractivity contribution >= 4 is 34.3 Å². The Bertz CT molecular complexity index is 1690. The van der Waals surface area contributed by atoms with E-state index in [0.29, 0.717) is 16.8 Å². The van der Waals surface area contributed by atoms with Gasteiger partial charge in [0.1, 0.15) is 11.3 Å². The van der Waals surface area contributed by atoms with Gasteiger partial charge in [0.2, 0.25) is 5.91 Å². The average molecular weight is 545 g/mol. The molecular formula is C29H21F2N3O6. The van der Waals surface area contributed by atoms with Crippen LogP contribution in [0.2, 0.25) is 0 Å². The van der Waals surface area contributed by atoms with Crippen LogP contribution in [0.5, 0.6) is 23.1 Å². The lowest BCUT2D eigenvalue weighted by atomic mass is 9.98. The Labute approximate surface area is 226 Å². The molecule has 0 saturated carbocycles. The molecule has 0 atom stereocenters. The minimum atomic E-state index is -0.822. The molecule has 202 valence electrons. The number of hydrogen-bond acceptors (Lipinski definition) is 8. The van der Waals surface area contributed by atoms with Crippen molar-refractivity contribution in [2.45, 2.75) is 12.8 Å². The Hall–Kier alpha value is -5.19. The van der Waals surface area contributed by atoms with Crippen LogP contribution in [0.3, 0.4) is 0 Å². The maximum atomic E-state index is 15.1. The van der Waals surface area contributed by atoms with E-state index in [1.165, 1.54) is 56.8 Å². The largest absolute Gasteiger partial charge is 0.491 e. The highest BCUT2D eigenvalue weighted by molar-refractivity contribution is 6.33. The zero-order chi connectivity index (χ0) is 28.4. The van der Waals surface area contributed by atoms with Gasteiger partial charge >= 0.3 is 0 Å². The van der Waals surface area contributed by atoms with Crippen LogP contribution in [0.25, 0.3) is 11.0 Å². The molecule has 5 rings (SSSR count). The first kappa shape index (κ1) is 26.4. The number of benzene rings is 2. The smallest absolute Gasteiger partial charge is 0.268 e. The van der Waals surface area contributed by atoms with E-state index in [9.17, 15) is 18.8 Å². The second-order valence-corrected chi connectivity index (χ2v) is 8.68. The third-order valence-corrected chi connectivity index (χ3v) is 6.15. The molecule has 40 heavy (non-hydrogen) atoms. The molecule has 0 N–H and O–H groups in total. The number of anilines is 1. The molecule has 2 aromatic heterocycles. The normalized spacial score (nSPS) is 13.3. The monoisotopic (exact) mass is 545 g/mol. The van der Waals surface area contributed by atoms with Gasteiger partial charge in [-0.3, -0.25) is 19.4 Å². The summed E-state index contributed by atoms with van der Waals surface area (Å²) in [5.41, 5.74) is 0.996. The van der Waals surface area contributed by atoms with E-state index in [-0.39, 0.29) is 47.0 Å². The van der Waals surface area contributed by atoms with E-state index in [1.54, 1.807) is 6.07 Å². The fourth-order valence-electron chi connectivity index (χ4n) is 4.21. The van der Waals surface area contributed by atoms with Crippen LogP contribution in [0.4, 0.5) is 14.5 Å². The third kappa shape index (κ3) is 5.08. The van der Waals surface area contributed by atoms with Crippen LogP contribution in [0.1, 0.15) is 12.0 Å². The zero-order valence-electron chi connectivity index (χ0n) is 21.3. The number of amides is 2. The number of fused-ring (bicyclic) bond motifs is 1. The SMILES string of the molecule is COc1cc2nccc(Oc3ccc(CC(=O)C4=CCC(=O)N(c5ccc(F)cc5)C4=O)cc3F)c2nc1OC. The Morgan fingerprint density at radius 3 is 2.42 bits per heavy atom. The maximum absolute atomic E-state index is 15.1. The maximum Gasteiger partial charge on any atom is 0.268 e. The summed E-state index contributed by atoms with van der Waals surface area (Å²) in [7, 11) is 2.90. The Morgan fingerprint density at radius 2 is 1.73 bits per heavy atom. The average Bonchev–Trinajstić information content (AvgIpc) is 2.94. The highest BCUT2D eigenvalue weighted by Crippen LogP contribution is 2.35. The van der Waals surface area contributed by atoms with E-state index in [0.717, 1.165) is 23.1 Å². The molecule has 2 amide bonds. The minimum Gasteiger partial charge on any atom is -0.491 e. The first-order valence-corrected chi connectivity index (χ1v) is 12.0. The number of imide groups is 1. The van der Waals surface area contributed by atoms with Crippen LogP contribution in [-0.2, 0) is 20.8 Å². The molecule has 2 aromatic carbocycles. The van der Waals surface area contributed by atoms with E-state index in [2.05, 4.69) is 9.97 Å². The number of Topliss-reactive ketones (excluding diaryl/α,β-unsaturated/α-hetero) is 1. The number of ether oxygens (including phenoxy) is 3. The molecule has 9 nitrogen and oxygen atoms in total. The third-order valence-electron chi connectivity index (χ3n) is 6.15. The second kappa shape index (κ2) is 10.9. The number of halogens is 2. The predicted molar refractivity (Wildman–Crippen MR) is 139 cm³/mol. The van der Waals surface area contributed by atoms with Crippen molar-refractivity contribution in [2.24, 2.45) is 0 Å². The summed E-state index contributed by atoms with van der Waals surface area (Å²) >= 11 is 0. The van der Waals surface area contributed by atoms with E-state index < -0.39 is 29.2 Å². The molecule has 4 aromatic rings. The lowest BCUT2D eigenvalue weighted by molar-refractivity contribution is -0.126. The fraction of sp³-hybridized carbons (Fsp3) is 0.138. The molecule has 0 unspecified atom stereocenters. The molecule has 1 aliphatic rings. The predicted octanol–water partition coefficient (Wildman–Crippen LogP) is 4.72. The first-order valence-electron chi connectivity index (χ1n) is 12.0. The fourth-order valence-corrected chi connectivity index (χ4v) is 4.21. The Balaban J connectivity index is 1.34. The summed E-state index contributed by atoms with van der Waals surface area (Å²) in [5.74, 6) is -2.57. The minimum absolute atomic E-state index is 0.124. The molecule has 3 heterocycles. The summed E-state index contributed by atoms with van der Waals surface area (Å²) in [5, 5.41) is 0. The molecule has 11 heteroatoms. The Kier molecular flexibility index (Phi) is 7.19. The van der Waals surface area contributed by atoms with Crippen molar-refractivity contribution in [1.82, 2.24) is 9.97 Å². The molecule has 0 bridgehead atoms. The van der Waals surface area contributed by atoms with Crippen molar-refractivity contribution in [3.63, 3.8) is 0 Å². The number of hydrogen-bond donors (Lipinski definition) is 0. The number of ketones is 1. The van der Waals surface area contributed by atoms with Crippen LogP contribution in [-0.4, -0.2) is 41.8 Å². The van der Waals surface area contributed by atoms with Crippen LogP contribution in [0, 0.1) is 11.6 Å². The van der Waals surface area contributed by atoms with Crippen LogP contribution >= 0.6 is 0 Å². The van der Waals surface area contributed by atoms with Gasteiger partial charge in [0.05, 0.1) is 31.0 Å². The number of carbonyl (C=O) groups excluding carboxylic acids is 3. The zero-order valence-corrected chi connectivity index (χ0v) is 21.3. The van der Waals surface area contributed by atoms with Crippen molar-refractivity contribution in [1.29, 1.82) is 0 Å². The number of carbonyl (C=O) groups is 3. The second-order valence-electron chi connectivity index (χ2n) is 8.68. The highest BCUT2D eigenvalue weighted by Gasteiger charge is 2.33. The van der Waals surface area contributed by atoms with Crippen molar-refractivity contribution in [3.8, 4) is 23.1 Å². The molecule has 0 spiro atoms. The summed E-state index contributed by atoms with van der Waals surface area (Å²) in [4.78, 5) is 47.8. The van der Waals surface area contributed by atoms with Gasteiger partial charge < -0.3 is 14.2 Å². The topological polar surface area (TPSA) is 108 Å². The number of aromatic nitrogens is 2. The van der Waals surface area contributed by atoms with Gasteiger partial charge in [0.25, 0.3) is 11.8 Å². The van der Waals surface area contributed by atoms with Crippen molar-refractivity contribution in [2.75, 3.05) is 19.1 Å². The van der Waals surface area contributed by atoms with E-state index in [4.69, 9.17) is 14.2 Å². The van der Waals surface area contributed by atoms with Gasteiger partial charge in [0.15, 0.2) is 28.8 Å². The summed E-state index contributed by atoms with van der Waals surface area (Å²) in [6.45, 7) is 0. The highest BCUT2D eigenvalue weighted by atomic mass is 19.1. The van der Waals surface area contributed by atoms with Crippen LogP contribution < -0.4 is 19.1 Å². The Morgan fingerprint density at radius 1 is 0.950 bits per heavy atom. The molecular weight excluding hydrogens is 524 g/mol. The van der Waals surface area contributed by atoms with Gasteiger partial charge in [-0.25, -0.2) is 18.7 Å². The number of methoxy groups -OCH3 is 2. The summed E-state index contributed by atoms with van der Waals surface area (Å²) in [6, 6.07) is 11.9. The van der Waals surface area contributed by atoms with Gasteiger partial charge in [-0.05, 0) is 42.0 Å². The first-order chi connectivity index (χ1) is 19.3. The molecule has 0 radical (unpaired) electrons. The molecule has 1 aliphatic heterocycles. The van der Waals surface area contributed by atoms with Gasteiger partial charge in [-0.1, -0.05) is 12.1 Å². The van der Waals surface area contributed by atoms with E-state index >= 15 is 4.39 Å². The number of rotatable bonds is 8. The van der Waals surface area contributed by atoms with Crippen LogP contribution in [0.15, 0.2) is 72.4 Å². The lowest BCUT2D eigenvalue weighted by Gasteiger charge is -2.25. The number of pyridine rings is 2. The van der Waals surface area contributed by atoms with Gasteiger partial charge in [-0.15, -0.1) is 0 Å². The molecule has 0 fully saturated rings. The molecule has 0 saturated heterocycles. The molecule has 0 aliphatic carbocycles. The summed E-state index contributed by atoms with van der Waals surface area (Å²) < 4.78 is 44.6. The lowest BCUT2D eigenvalue weighted by Crippen LogP contribution is -2.42. The van der Waals surface area contributed by atoms with Gasteiger partial charge in [-0.2, -0.15) is 0 Å². The van der Waals surface area contributed by atoms with Gasteiger partial charge in [0, 0.05) is 31.2 Å². The quantitative estimate of drug-likeness (QED) is 0.231. The van der Waals surface area contributed by atoms with Crippen molar-refractivity contribution < 1.29 is 37.4 Å². The number of nitrogens with zero attached hydrogens (tertiary/aromatic N) is 3. The van der Waals surface area contributed by atoms with E-state index in [1.807, 2.05) is 0 Å². The standard InChI is InChI=1S/C29H21F2N3O6/c1-38-25-15-21-27(33-28(25)39-2)24(11-12-32-21)40-23-9-3-16(13-20(23)31)14-22(35)19-8-10-26(36)34(29(19)37)18-6-4-17(30)5-7-18/h3-9,11-13,15H,10,14H2,1-2H3. The summed E-state index contributed by atoms with van der Waals surface area (Å²) in [6.07, 6.45) is 2.25. The van der Waals surface area contributed by atoms with Crippen molar-refractivity contribution in [3.05, 3.63) is 89.6 Å².